The number of ether oxygens (including phenoxy) is 3. The summed E-state index contributed by atoms with van der Waals surface area (Å²) in [6, 6.07) is 9.22. The molecule has 0 heterocycles. The molecule has 1 unspecified atom stereocenters. The van der Waals surface area contributed by atoms with Crippen LogP contribution in [0.4, 0.5) is 5.69 Å². The third-order valence-corrected chi connectivity index (χ3v) is 4.46. The normalized spacial score (nSPS) is 11.4. The fourth-order valence-electron chi connectivity index (χ4n) is 2.99. The Labute approximate surface area is 191 Å². The van der Waals surface area contributed by atoms with Gasteiger partial charge in [-0.3, -0.25) is 19.7 Å². The van der Waals surface area contributed by atoms with Gasteiger partial charge in [-0.25, -0.2) is 4.79 Å². The summed E-state index contributed by atoms with van der Waals surface area (Å²) in [5.74, 6) is -1.44. The lowest BCUT2D eigenvalue weighted by molar-refractivity contribution is -0.384. The first kappa shape index (κ1) is 25.3. The van der Waals surface area contributed by atoms with E-state index < -0.39 is 34.5 Å². The highest BCUT2D eigenvalue weighted by molar-refractivity contribution is 5.99. The highest BCUT2D eigenvalue weighted by Crippen LogP contribution is 2.23. The van der Waals surface area contributed by atoms with Gasteiger partial charge in [-0.1, -0.05) is 12.1 Å². The lowest BCUT2D eigenvalue weighted by Gasteiger charge is -2.20. The first-order valence-electron chi connectivity index (χ1n) is 10.3. The van der Waals surface area contributed by atoms with Crippen molar-refractivity contribution >= 4 is 23.5 Å². The van der Waals surface area contributed by atoms with Crippen LogP contribution in [-0.2, 0) is 14.3 Å². The molecule has 2 aromatic rings. The third-order valence-electron chi connectivity index (χ3n) is 4.46. The van der Waals surface area contributed by atoms with Crippen molar-refractivity contribution in [3.8, 4) is 5.75 Å². The number of carbonyl (C=O) groups excluding carboxylic acids is 3. The van der Waals surface area contributed by atoms with Crippen molar-refractivity contribution in [1.82, 2.24) is 5.32 Å². The quantitative estimate of drug-likeness (QED) is 0.324. The van der Waals surface area contributed by atoms with Crippen molar-refractivity contribution in [3.63, 3.8) is 0 Å². The molecule has 33 heavy (non-hydrogen) atoms. The van der Waals surface area contributed by atoms with E-state index in [4.69, 9.17) is 14.2 Å². The Bertz CT molecular complexity index is 1020. The minimum atomic E-state index is -0.792. The SMILES string of the molecule is CCOC(=O)c1cc(C(=O)NC(CC(=O)OC(C)C)c2ccc(OC)cc2)cc([N+](=O)[O-])c1. The molecule has 0 aromatic heterocycles. The lowest BCUT2D eigenvalue weighted by Crippen LogP contribution is -2.31. The van der Waals surface area contributed by atoms with Crippen LogP contribution in [0.5, 0.6) is 5.75 Å². The molecule has 0 saturated carbocycles. The zero-order valence-electron chi connectivity index (χ0n) is 18.8. The van der Waals surface area contributed by atoms with Gasteiger partial charge in [-0.2, -0.15) is 0 Å². The zero-order chi connectivity index (χ0) is 24.5. The molecular weight excluding hydrogens is 432 g/mol. The van der Waals surface area contributed by atoms with Gasteiger partial charge in [0.1, 0.15) is 5.75 Å². The van der Waals surface area contributed by atoms with Gasteiger partial charge in [0.2, 0.25) is 0 Å². The molecule has 2 rings (SSSR count). The fraction of sp³-hybridized carbons (Fsp3) is 0.348. The van der Waals surface area contributed by atoms with Gasteiger partial charge in [-0.05, 0) is 44.5 Å². The summed E-state index contributed by atoms with van der Waals surface area (Å²) in [6.45, 7) is 5.08. The summed E-state index contributed by atoms with van der Waals surface area (Å²) < 4.78 is 15.2. The van der Waals surface area contributed by atoms with Gasteiger partial charge in [0.15, 0.2) is 0 Å². The van der Waals surface area contributed by atoms with Crippen molar-refractivity contribution in [1.29, 1.82) is 0 Å². The third kappa shape index (κ3) is 7.30. The standard InChI is InChI=1S/C23H26N2O8/c1-5-32-23(28)17-10-16(11-18(12-17)25(29)30)22(27)24-20(13-21(26)33-14(2)3)15-6-8-19(31-4)9-7-15/h6-12,14,20H,5,13H2,1-4H3,(H,24,27). The van der Waals surface area contributed by atoms with Crippen LogP contribution < -0.4 is 10.1 Å². The largest absolute Gasteiger partial charge is 0.497 e. The molecule has 0 bridgehead atoms. The Morgan fingerprint density at radius 2 is 1.70 bits per heavy atom. The van der Waals surface area contributed by atoms with Crippen molar-refractivity contribution in [2.24, 2.45) is 0 Å². The minimum Gasteiger partial charge on any atom is -0.497 e. The number of carbonyl (C=O) groups is 3. The van der Waals surface area contributed by atoms with E-state index in [1.54, 1.807) is 45.0 Å². The molecule has 1 amide bonds. The Hall–Kier alpha value is -3.95. The smallest absolute Gasteiger partial charge is 0.338 e. The van der Waals surface area contributed by atoms with Crippen LogP contribution in [0.3, 0.4) is 0 Å². The molecule has 0 aliphatic carbocycles. The van der Waals surface area contributed by atoms with Crippen molar-refractivity contribution < 1.29 is 33.5 Å². The second-order valence-electron chi connectivity index (χ2n) is 7.29. The summed E-state index contributed by atoms with van der Waals surface area (Å²) in [7, 11) is 1.51. The molecule has 10 heteroatoms. The van der Waals surface area contributed by atoms with E-state index in [1.807, 2.05) is 0 Å². The monoisotopic (exact) mass is 458 g/mol. The number of rotatable bonds is 10. The summed E-state index contributed by atoms with van der Waals surface area (Å²) in [5, 5.41) is 14.0. The van der Waals surface area contributed by atoms with E-state index in [1.165, 1.54) is 13.2 Å². The fourth-order valence-corrected chi connectivity index (χ4v) is 2.99. The first-order valence-corrected chi connectivity index (χ1v) is 10.3. The topological polar surface area (TPSA) is 134 Å². The maximum absolute atomic E-state index is 13.0. The maximum atomic E-state index is 13.0. The minimum absolute atomic E-state index is 0.0700. The van der Waals surface area contributed by atoms with Crippen molar-refractivity contribution in [3.05, 3.63) is 69.3 Å². The van der Waals surface area contributed by atoms with Gasteiger partial charge in [0, 0.05) is 17.7 Å². The molecule has 10 nitrogen and oxygen atoms in total. The van der Waals surface area contributed by atoms with Gasteiger partial charge < -0.3 is 19.5 Å². The van der Waals surface area contributed by atoms with E-state index in [0.717, 1.165) is 12.1 Å². The van der Waals surface area contributed by atoms with Crippen LogP contribution in [0.15, 0.2) is 42.5 Å². The van der Waals surface area contributed by atoms with E-state index in [2.05, 4.69) is 5.32 Å². The number of nitrogens with zero attached hydrogens (tertiary/aromatic N) is 1. The van der Waals surface area contributed by atoms with E-state index in [0.29, 0.717) is 11.3 Å². The molecule has 1 atom stereocenters. The molecule has 0 aliphatic heterocycles. The maximum Gasteiger partial charge on any atom is 0.338 e. The summed E-state index contributed by atoms with van der Waals surface area (Å²) in [5.41, 5.74) is -0.0915. The Kier molecular flexibility index (Phi) is 8.90. The van der Waals surface area contributed by atoms with Crippen LogP contribution in [0.25, 0.3) is 0 Å². The molecule has 0 radical (unpaired) electrons. The highest BCUT2D eigenvalue weighted by atomic mass is 16.6. The van der Waals surface area contributed by atoms with E-state index in [9.17, 15) is 24.5 Å². The average Bonchev–Trinajstić information content (AvgIpc) is 2.77. The summed E-state index contributed by atoms with van der Waals surface area (Å²) in [4.78, 5) is 48.0. The predicted molar refractivity (Wildman–Crippen MR) is 118 cm³/mol. The lowest BCUT2D eigenvalue weighted by atomic mass is 10.0. The predicted octanol–water partition coefficient (Wildman–Crippen LogP) is 3.59. The Morgan fingerprint density at radius 3 is 2.24 bits per heavy atom. The van der Waals surface area contributed by atoms with Gasteiger partial charge in [0.25, 0.3) is 11.6 Å². The van der Waals surface area contributed by atoms with Gasteiger partial charge in [0.05, 0.1) is 42.8 Å². The second-order valence-corrected chi connectivity index (χ2v) is 7.29. The molecular formula is C23H26N2O8. The van der Waals surface area contributed by atoms with Gasteiger partial charge >= 0.3 is 11.9 Å². The number of hydrogen-bond donors (Lipinski definition) is 1. The number of benzene rings is 2. The Balaban J connectivity index is 2.37. The van der Waals surface area contributed by atoms with Crippen molar-refractivity contribution in [2.75, 3.05) is 13.7 Å². The number of nitro groups is 1. The molecule has 176 valence electrons. The first-order chi connectivity index (χ1) is 15.6. The van der Waals surface area contributed by atoms with E-state index >= 15 is 0 Å². The number of nitrogens with one attached hydrogen (secondary N) is 1. The molecule has 0 spiro atoms. The number of esters is 2. The molecule has 2 aromatic carbocycles. The Morgan fingerprint density at radius 1 is 1.06 bits per heavy atom. The van der Waals surface area contributed by atoms with Crippen molar-refractivity contribution in [2.45, 2.75) is 39.3 Å². The summed E-state index contributed by atoms with van der Waals surface area (Å²) in [6.07, 6.45) is -0.510. The van der Waals surface area contributed by atoms with Crippen LogP contribution in [-0.4, -0.2) is 42.6 Å². The van der Waals surface area contributed by atoms with E-state index in [-0.39, 0.29) is 30.3 Å². The van der Waals surface area contributed by atoms with Crippen LogP contribution in [0.2, 0.25) is 0 Å². The average molecular weight is 458 g/mol. The van der Waals surface area contributed by atoms with Crippen LogP contribution >= 0.6 is 0 Å². The summed E-state index contributed by atoms with van der Waals surface area (Å²) >= 11 is 0. The molecule has 0 saturated heterocycles. The number of non-ortho nitro benzene ring substituents is 1. The van der Waals surface area contributed by atoms with Crippen LogP contribution in [0.1, 0.15) is 59.5 Å². The molecule has 1 N–H and O–H groups in total. The number of hydrogen-bond acceptors (Lipinski definition) is 8. The van der Waals surface area contributed by atoms with Gasteiger partial charge in [-0.15, -0.1) is 0 Å². The second kappa shape index (κ2) is 11.6. The highest BCUT2D eigenvalue weighted by Gasteiger charge is 2.24. The zero-order valence-corrected chi connectivity index (χ0v) is 18.8. The number of nitro benzene ring substituents is 1. The number of amides is 1. The molecule has 0 fully saturated rings. The van der Waals surface area contributed by atoms with Crippen LogP contribution in [0, 0.1) is 10.1 Å². The molecule has 0 aliphatic rings. The number of methoxy groups -OCH3 is 1.